The van der Waals surface area contributed by atoms with Crippen LogP contribution in [0.2, 0.25) is 0 Å². The lowest BCUT2D eigenvalue weighted by molar-refractivity contribution is 0.0826. The van der Waals surface area contributed by atoms with Crippen LogP contribution in [0, 0.1) is 6.92 Å². The molecule has 0 aliphatic rings. The monoisotopic (exact) mass is 275 g/mol. The molecule has 1 aromatic heterocycles. The van der Waals surface area contributed by atoms with Crippen molar-refractivity contribution >= 4 is 17.2 Å². The van der Waals surface area contributed by atoms with Gasteiger partial charge >= 0.3 is 0 Å². The molecule has 0 saturated heterocycles. The smallest absolute Gasteiger partial charge is 0.252 e. The highest BCUT2D eigenvalue weighted by atomic mass is 32.1. The van der Waals surface area contributed by atoms with E-state index in [1.165, 1.54) is 16.9 Å². The first-order valence-electron chi connectivity index (χ1n) is 6.11. The Kier molecular flexibility index (Phi) is 4.71. The molecule has 1 atom stereocenters. The van der Waals surface area contributed by atoms with Gasteiger partial charge in [-0.2, -0.15) is 11.3 Å². The molecule has 0 radical (unpaired) electrons. The van der Waals surface area contributed by atoms with Crippen molar-refractivity contribution in [2.24, 2.45) is 0 Å². The average Bonchev–Trinajstić information content (AvgIpc) is 2.95. The quantitative estimate of drug-likeness (QED) is 0.910. The Labute approximate surface area is 117 Å². The van der Waals surface area contributed by atoms with E-state index in [0.717, 1.165) is 5.56 Å². The lowest BCUT2D eigenvalue weighted by Crippen LogP contribution is -2.29. The summed E-state index contributed by atoms with van der Waals surface area (Å²) in [5.41, 5.74) is 2.97. The topological polar surface area (TPSA) is 38.3 Å². The summed E-state index contributed by atoms with van der Waals surface area (Å²) in [5, 5.41) is 6.64. The van der Waals surface area contributed by atoms with Crippen LogP contribution in [-0.2, 0) is 4.74 Å². The summed E-state index contributed by atoms with van der Waals surface area (Å²) in [6.07, 6.45) is -0.121. The largest absolute Gasteiger partial charge is 0.375 e. The fourth-order valence-corrected chi connectivity index (χ4v) is 2.59. The fourth-order valence-electron chi connectivity index (χ4n) is 1.95. The highest BCUT2D eigenvalue weighted by Crippen LogP contribution is 2.19. The number of nitrogens with one attached hydrogen (secondary N) is 1. The maximum absolute atomic E-state index is 11.9. The van der Waals surface area contributed by atoms with E-state index in [0.29, 0.717) is 12.1 Å². The third-order valence-corrected chi connectivity index (χ3v) is 3.73. The third kappa shape index (κ3) is 3.43. The number of carbonyl (C=O) groups is 1. The summed E-state index contributed by atoms with van der Waals surface area (Å²) >= 11 is 1.51. The van der Waals surface area contributed by atoms with Crippen LogP contribution in [0.25, 0.3) is 0 Å². The highest BCUT2D eigenvalue weighted by molar-refractivity contribution is 7.08. The molecule has 4 heteroatoms. The van der Waals surface area contributed by atoms with E-state index in [4.69, 9.17) is 4.74 Å². The minimum Gasteiger partial charge on any atom is -0.375 e. The standard InChI is InChI=1S/C15H17NO2S/c1-11-5-3-4-6-13(11)14(18-2)9-16-15(17)12-7-8-19-10-12/h3-8,10,14H,9H2,1-2H3,(H,16,17)/t14-/m0/s1. The molecule has 1 heterocycles. The van der Waals surface area contributed by atoms with Crippen molar-refractivity contribution in [3.8, 4) is 0 Å². The van der Waals surface area contributed by atoms with E-state index >= 15 is 0 Å². The number of rotatable bonds is 5. The average molecular weight is 275 g/mol. The molecule has 0 spiro atoms. The van der Waals surface area contributed by atoms with Crippen molar-refractivity contribution in [2.45, 2.75) is 13.0 Å². The molecule has 1 N–H and O–H groups in total. The molecule has 100 valence electrons. The second-order valence-electron chi connectivity index (χ2n) is 4.30. The molecule has 2 aromatic rings. The predicted molar refractivity (Wildman–Crippen MR) is 77.6 cm³/mol. The van der Waals surface area contributed by atoms with Crippen LogP contribution in [0.5, 0.6) is 0 Å². The minimum absolute atomic E-state index is 0.0584. The molecular weight excluding hydrogens is 258 g/mol. The molecule has 0 saturated carbocycles. The fraction of sp³-hybridized carbons (Fsp3) is 0.267. The molecule has 19 heavy (non-hydrogen) atoms. The lowest BCUT2D eigenvalue weighted by atomic mass is 10.0. The van der Waals surface area contributed by atoms with Crippen molar-refractivity contribution in [1.29, 1.82) is 0 Å². The van der Waals surface area contributed by atoms with Crippen LogP contribution in [0.3, 0.4) is 0 Å². The van der Waals surface area contributed by atoms with E-state index in [2.05, 4.69) is 5.32 Å². The molecule has 0 bridgehead atoms. The second kappa shape index (κ2) is 6.50. The van der Waals surface area contributed by atoms with Crippen LogP contribution in [0.4, 0.5) is 0 Å². The molecular formula is C15H17NO2S. The number of hydrogen-bond acceptors (Lipinski definition) is 3. The third-order valence-electron chi connectivity index (χ3n) is 3.05. The molecule has 1 amide bonds. The first-order chi connectivity index (χ1) is 9.22. The molecule has 0 unspecified atom stereocenters. The van der Waals surface area contributed by atoms with Gasteiger partial charge in [0.25, 0.3) is 5.91 Å². The number of hydrogen-bond donors (Lipinski definition) is 1. The van der Waals surface area contributed by atoms with Crippen molar-refractivity contribution < 1.29 is 9.53 Å². The summed E-state index contributed by atoms with van der Waals surface area (Å²) < 4.78 is 5.47. The van der Waals surface area contributed by atoms with Gasteiger partial charge in [0.1, 0.15) is 0 Å². The number of thiophene rings is 1. The molecule has 0 aliphatic heterocycles. The second-order valence-corrected chi connectivity index (χ2v) is 5.08. The zero-order valence-corrected chi connectivity index (χ0v) is 11.9. The van der Waals surface area contributed by atoms with Crippen molar-refractivity contribution in [1.82, 2.24) is 5.32 Å². The van der Waals surface area contributed by atoms with Gasteiger partial charge in [-0.3, -0.25) is 4.79 Å². The van der Waals surface area contributed by atoms with E-state index in [-0.39, 0.29) is 12.0 Å². The Morgan fingerprint density at radius 1 is 1.37 bits per heavy atom. The summed E-state index contributed by atoms with van der Waals surface area (Å²) in [6.45, 7) is 2.51. The van der Waals surface area contributed by atoms with E-state index < -0.39 is 0 Å². The summed E-state index contributed by atoms with van der Waals surface area (Å²) in [7, 11) is 1.66. The number of carbonyl (C=O) groups excluding carboxylic acids is 1. The van der Waals surface area contributed by atoms with Gasteiger partial charge in [-0.25, -0.2) is 0 Å². The lowest BCUT2D eigenvalue weighted by Gasteiger charge is -2.18. The minimum atomic E-state index is -0.121. The van der Waals surface area contributed by atoms with Gasteiger partial charge in [0.05, 0.1) is 6.10 Å². The molecule has 0 fully saturated rings. The van der Waals surface area contributed by atoms with Gasteiger partial charge in [0, 0.05) is 24.6 Å². The summed E-state index contributed by atoms with van der Waals surface area (Å²) in [5.74, 6) is -0.0584. The number of benzene rings is 1. The molecule has 2 rings (SSSR count). The van der Waals surface area contributed by atoms with Crippen LogP contribution in [0.1, 0.15) is 27.6 Å². The Balaban J connectivity index is 2.01. The number of methoxy groups -OCH3 is 1. The van der Waals surface area contributed by atoms with E-state index in [1.54, 1.807) is 7.11 Å². The normalized spacial score (nSPS) is 12.1. The molecule has 3 nitrogen and oxygen atoms in total. The van der Waals surface area contributed by atoms with Gasteiger partial charge in [0.2, 0.25) is 0 Å². The van der Waals surface area contributed by atoms with Gasteiger partial charge < -0.3 is 10.1 Å². The van der Waals surface area contributed by atoms with Crippen molar-refractivity contribution in [2.75, 3.05) is 13.7 Å². The zero-order valence-electron chi connectivity index (χ0n) is 11.1. The Bertz CT molecular complexity index is 537. The van der Waals surface area contributed by atoms with E-state index in [1.807, 2.05) is 48.0 Å². The summed E-state index contributed by atoms with van der Waals surface area (Å²) in [6, 6.07) is 9.86. The maximum Gasteiger partial charge on any atom is 0.252 e. The number of aryl methyl sites for hydroxylation is 1. The highest BCUT2D eigenvalue weighted by Gasteiger charge is 2.14. The Hall–Kier alpha value is -1.65. The zero-order chi connectivity index (χ0) is 13.7. The maximum atomic E-state index is 11.9. The van der Waals surface area contributed by atoms with E-state index in [9.17, 15) is 4.79 Å². The van der Waals surface area contributed by atoms with Crippen LogP contribution in [0.15, 0.2) is 41.1 Å². The van der Waals surface area contributed by atoms with Crippen LogP contribution in [-0.4, -0.2) is 19.6 Å². The number of amides is 1. The molecule has 1 aromatic carbocycles. The summed E-state index contributed by atoms with van der Waals surface area (Å²) in [4.78, 5) is 11.9. The Morgan fingerprint density at radius 3 is 2.79 bits per heavy atom. The van der Waals surface area contributed by atoms with Crippen molar-refractivity contribution in [3.05, 3.63) is 57.8 Å². The van der Waals surface area contributed by atoms with Gasteiger partial charge in [0.15, 0.2) is 0 Å². The number of ether oxygens (including phenoxy) is 1. The van der Waals surface area contributed by atoms with Gasteiger partial charge in [-0.15, -0.1) is 0 Å². The van der Waals surface area contributed by atoms with Gasteiger partial charge in [-0.1, -0.05) is 24.3 Å². The molecule has 0 aliphatic carbocycles. The Morgan fingerprint density at radius 2 is 2.16 bits per heavy atom. The SMILES string of the molecule is CO[C@@H](CNC(=O)c1ccsc1)c1ccccc1C. The first-order valence-corrected chi connectivity index (χ1v) is 7.05. The van der Waals surface area contributed by atoms with Crippen LogP contribution >= 0.6 is 11.3 Å². The van der Waals surface area contributed by atoms with Gasteiger partial charge in [-0.05, 0) is 29.5 Å². The van der Waals surface area contributed by atoms with Crippen LogP contribution < -0.4 is 5.32 Å². The van der Waals surface area contributed by atoms with Crippen molar-refractivity contribution in [3.63, 3.8) is 0 Å². The predicted octanol–water partition coefficient (Wildman–Crippen LogP) is 3.17. The first kappa shape index (κ1) is 13.8.